The highest BCUT2D eigenvalue weighted by molar-refractivity contribution is 5.94. The lowest BCUT2D eigenvalue weighted by molar-refractivity contribution is -0.914. The highest BCUT2D eigenvalue weighted by Gasteiger charge is 2.32. The van der Waals surface area contributed by atoms with Gasteiger partial charge < -0.3 is 15.1 Å². The maximum absolute atomic E-state index is 12.7. The summed E-state index contributed by atoms with van der Waals surface area (Å²) in [5.74, 6) is 0.908. The minimum atomic E-state index is 0.00126. The quantitative estimate of drug-likeness (QED) is 0.773. The number of hydrogen-bond acceptors (Lipinski definition) is 3. The molecule has 0 unspecified atom stereocenters. The van der Waals surface area contributed by atoms with Crippen molar-refractivity contribution < 1.29 is 14.5 Å². The van der Waals surface area contributed by atoms with Gasteiger partial charge in [0.1, 0.15) is 0 Å². The largest absolute Gasteiger partial charge is 0.360 e. The monoisotopic (exact) mass is 372 g/mol. The van der Waals surface area contributed by atoms with E-state index in [1.54, 1.807) is 6.92 Å². The van der Waals surface area contributed by atoms with Gasteiger partial charge in [0.15, 0.2) is 11.8 Å². The van der Waals surface area contributed by atoms with Crippen LogP contribution in [-0.4, -0.2) is 50.0 Å². The van der Waals surface area contributed by atoms with Crippen LogP contribution in [0.2, 0.25) is 0 Å². The average molecular weight is 373 g/mol. The van der Waals surface area contributed by atoms with E-state index in [0.717, 1.165) is 43.9 Å². The topological polar surface area (TPSA) is 53.9 Å². The molecule has 2 N–H and O–H groups in total. The minimum absolute atomic E-state index is 0.00126. The normalized spacial score (nSPS) is 25.1. The molecule has 2 aliphatic rings. The fraction of sp³-hybridized carbons (Fsp3) is 0.636. The molecule has 1 saturated heterocycles. The first-order valence-electron chi connectivity index (χ1n) is 10.5. The van der Waals surface area contributed by atoms with Crippen LogP contribution in [0.1, 0.15) is 56.8 Å². The maximum Gasteiger partial charge on any atom is 0.278 e. The lowest BCUT2D eigenvalue weighted by Gasteiger charge is -2.37. The van der Waals surface area contributed by atoms with Gasteiger partial charge in [0.05, 0.1) is 26.2 Å². The van der Waals surface area contributed by atoms with Crippen LogP contribution in [0.5, 0.6) is 0 Å². The molecule has 1 aliphatic carbocycles. The number of Topliss-reactive ketones (excluding diaryl/α,β-unsaturated/α-hetero) is 1. The van der Waals surface area contributed by atoms with Crippen molar-refractivity contribution in [3.05, 3.63) is 29.8 Å². The molecule has 3 atom stereocenters. The van der Waals surface area contributed by atoms with Crippen molar-refractivity contribution in [2.45, 2.75) is 58.5 Å². The van der Waals surface area contributed by atoms with Crippen molar-refractivity contribution in [3.63, 3.8) is 0 Å². The molecule has 1 heterocycles. The molecule has 2 fully saturated rings. The van der Waals surface area contributed by atoms with Crippen LogP contribution in [0.3, 0.4) is 0 Å². The second-order valence-corrected chi connectivity index (χ2v) is 8.35. The zero-order valence-electron chi connectivity index (χ0n) is 17.0. The van der Waals surface area contributed by atoms with E-state index in [4.69, 9.17) is 0 Å². The average Bonchev–Trinajstić information content (AvgIpc) is 2.69. The fourth-order valence-corrected chi connectivity index (χ4v) is 4.42. The molecular formula is C22H34N3O2+. The van der Waals surface area contributed by atoms with E-state index in [1.807, 2.05) is 24.3 Å². The summed E-state index contributed by atoms with van der Waals surface area (Å²) in [5.41, 5.74) is 1.91. The number of nitrogens with zero attached hydrogens (tertiary/aromatic N) is 1. The van der Waals surface area contributed by atoms with Crippen molar-refractivity contribution >= 4 is 17.4 Å². The van der Waals surface area contributed by atoms with Crippen molar-refractivity contribution in [2.75, 3.05) is 31.1 Å². The first kappa shape index (κ1) is 19.9. The van der Waals surface area contributed by atoms with E-state index in [2.05, 4.69) is 24.1 Å². The predicted molar refractivity (Wildman–Crippen MR) is 108 cm³/mol. The Morgan fingerprint density at radius 2 is 1.74 bits per heavy atom. The number of anilines is 1. The first-order valence-corrected chi connectivity index (χ1v) is 10.5. The molecule has 148 valence electrons. The first-order chi connectivity index (χ1) is 13.0. The van der Waals surface area contributed by atoms with Crippen LogP contribution in [0.25, 0.3) is 0 Å². The van der Waals surface area contributed by atoms with Gasteiger partial charge in [-0.05, 0) is 56.9 Å². The van der Waals surface area contributed by atoms with Gasteiger partial charge in [-0.2, -0.15) is 0 Å². The number of nitrogens with one attached hydrogen (secondary N) is 2. The van der Waals surface area contributed by atoms with Gasteiger partial charge in [-0.1, -0.05) is 19.8 Å². The summed E-state index contributed by atoms with van der Waals surface area (Å²) >= 11 is 0. The van der Waals surface area contributed by atoms with Crippen LogP contribution in [0.15, 0.2) is 24.3 Å². The number of ketones is 1. The number of benzene rings is 1. The summed E-state index contributed by atoms with van der Waals surface area (Å²) in [6.07, 6.45) is 4.88. The van der Waals surface area contributed by atoms with E-state index >= 15 is 0 Å². The van der Waals surface area contributed by atoms with Crippen molar-refractivity contribution in [1.29, 1.82) is 0 Å². The third-order valence-electron chi connectivity index (χ3n) is 6.49. The summed E-state index contributed by atoms with van der Waals surface area (Å²) in [5, 5.41) is 3.32. The fourth-order valence-electron chi connectivity index (χ4n) is 4.42. The molecule has 5 nitrogen and oxygen atoms in total. The van der Waals surface area contributed by atoms with Crippen LogP contribution >= 0.6 is 0 Å². The van der Waals surface area contributed by atoms with E-state index in [1.165, 1.54) is 24.2 Å². The predicted octanol–water partition coefficient (Wildman–Crippen LogP) is 1.68. The molecule has 1 aromatic rings. The molecule has 1 amide bonds. The molecule has 0 radical (unpaired) electrons. The van der Waals surface area contributed by atoms with Crippen molar-refractivity contribution in [3.8, 4) is 0 Å². The second-order valence-electron chi connectivity index (χ2n) is 8.35. The highest BCUT2D eigenvalue weighted by atomic mass is 16.2. The summed E-state index contributed by atoms with van der Waals surface area (Å²) in [7, 11) is 0. The number of amides is 1. The van der Waals surface area contributed by atoms with Crippen LogP contribution in [-0.2, 0) is 4.79 Å². The van der Waals surface area contributed by atoms with Crippen LogP contribution in [0, 0.1) is 5.92 Å². The van der Waals surface area contributed by atoms with Gasteiger partial charge in [-0.3, -0.25) is 9.59 Å². The Bertz CT molecular complexity index is 650. The molecule has 0 aromatic heterocycles. The molecule has 27 heavy (non-hydrogen) atoms. The summed E-state index contributed by atoms with van der Waals surface area (Å²) in [6, 6.07) is 8.22. The zero-order valence-corrected chi connectivity index (χ0v) is 17.0. The molecule has 1 saturated carbocycles. The Kier molecular flexibility index (Phi) is 6.53. The highest BCUT2D eigenvalue weighted by Crippen LogP contribution is 2.23. The Labute approximate surface area is 163 Å². The number of piperazine rings is 1. The maximum atomic E-state index is 12.7. The molecule has 0 spiro atoms. The number of quaternary nitrogens is 1. The molecule has 1 aliphatic heterocycles. The van der Waals surface area contributed by atoms with Crippen molar-refractivity contribution in [1.82, 2.24) is 5.32 Å². The SMILES string of the molecule is CC(=O)c1ccc(N2CC[NH+]([C@H](C)C(=O)N[C@@H]3CCCC[C@@H]3C)CC2)cc1. The third kappa shape index (κ3) is 4.89. The van der Waals surface area contributed by atoms with Gasteiger partial charge in [0.2, 0.25) is 0 Å². The Hall–Kier alpha value is -1.88. The minimum Gasteiger partial charge on any atom is -0.360 e. The Morgan fingerprint density at radius 3 is 2.33 bits per heavy atom. The molecule has 0 bridgehead atoms. The lowest BCUT2D eigenvalue weighted by atomic mass is 9.86. The lowest BCUT2D eigenvalue weighted by Crippen LogP contribution is -3.19. The Morgan fingerprint density at radius 1 is 1.11 bits per heavy atom. The molecule has 1 aromatic carbocycles. The van der Waals surface area contributed by atoms with E-state index in [0.29, 0.717) is 12.0 Å². The zero-order chi connectivity index (χ0) is 19.4. The number of carbonyl (C=O) groups is 2. The Balaban J connectivity index is 1.50. The molecule has 5 heteroatoms. The summed E-state index contributed by atoms with van der Waals surface area (Å²) in [4.78, 5) is 27.9. The van der Waals surface area contributed by atoms with E-state index in [-0.39, 0.29) is 17.7 Å². The van der Waals surface area contributed by atoms with Gasteiger partial charge in [0, 0.05) is 17.3 Å². The second kappa shape index (κ2) is 8.87. The smallest absolute Gasteiger partial charge is 0.278 e. The van der Waals surface area contributed by atoms with Crippen LogP contribution in [0.4, 0.5) is 5.69 Å². The molecular weight excluding hydrogens is 338 g/mol. The van der Waals surface area contributed by atoms with E-state index in [9.17, 15) is 9.59 Å². The van der Waals surface area contributed by atoms with Gasteiger partial charge in [0.25, 0.3) is 5.91 Å². The number of rotatable bonds is 5. The third-order valence-corrected chi connectivity index (χ3v) is 6.49. The van der Waals surface area contributed by atoms with Crippen LogP contribution < -0.4 is 15.1 Å². The standard InChI is InChI=1S/C22H33N3O2/c1-16-6-4-5-7-21(16)23-22(27)17(2)24-12-14-25(15-13-24)20-10-8-19(9-11-20)18(3)26/h8-11,16-17,21H,4-7,12-15H2,1-3H3,(H,23,27)/p+1/t16-,17+,21+/m0/s1. The number of hydrogen-bond donors (Lipinski definition) is 2. The van der Waals surface area contributed by atoms with Gasteiger partial charge >= 0.3 is 0 Å². The van der Waals surface area contributed by atoms with Crippen molar-refractivity contribution in [2.24, 2.45) is 5.92 Å². The summed E-state index contributed by atoms with van der Waals surface area (Å²) < 4.78 is 0. The van der Waals surface area contributed by atoms with Gasteiger partial charge in [-0.15, -0.1) is 0 Å². The number of carbonyl (C=O) groups excluding carboxylic acids is 2. The van der Waals surface area contributed by atoms with Gasteiger partial charge in [-0.25, -0.2) is 0 Å². The molecule has 3 rings (SSSR count). The summed E-state index contributed by atoms with van der Waals surface area (Å²) in [6.45, 7) is 9.72. The van der Waals surface area contributed by atoms with E-state index < -0.39 is 0 Å².